The van der Waals surface area contributed by atoms with Crippen LogP contribution in [0.25, 0.3) is 0 Å². The molecular weight excluding hydrogens is 266 g/mol. The van der Waals surface area contributed by atoms with Gasteiger partial charge in [0.15, 0.2) is 0 Å². The molecule has 5 heteroatoms. The molecule has 0 saturated heterocycles. The number of anilines is 3. The highest BCUT2D eigenvalue weighted by molar-refractivity contribution is 5.99. The Morgan fingerprint density at radius 1 is 0.905 bits per heavy atom. The summed E-state index contributed by atoms with van der Waals surface area (Å²) in [6.07, 6.45) is 0. The number of ether oxygens (including phenoxy) is 1. The Balaban J connectivity index is 1.83. The van der Waals surface area contributed by atoms with E-state index in [1.54, 1.807) is 7.11 Å². The highest BCUT2D eigenvalue weighted by Crippen LogP contribution is 2.14. The molecule has 0 unspecified atom stereocenters. The minimum absolute atomic E-state index is 0.263. The van der Waals surface area contributed by atoms with Crippen LogP contribution in [0.1, 0.15) is 0 Å². The first-order chi connectivity index (χ1) is 10.3. The van der Waals surface area contributed by atoms with Gasteiger partial charge in [-0.25, -0.2) is 4.79 Å². The summed E-state index contributed by atoms with van der Waals surface area (Å²) in [4.78, 5) is 11.8. The third kappa shape index (κ3) is 5.16. The zero-order valence-corrected chi connectivity index (χ0v) is 11.9. The molecule has 0 aromatic heterocycles. The molecule has 0 fully saturated rings. The number of carbonyl (C=O) groups excluding carboxylic acids is 1. The molecule has 0 aliphatic heterocycles. The molecule has 2 rings (SSSR count). The number of benzene rings is 2. The summed E-state index contributed by atoms with van der Waals surface area (Å²) in [7, 11) is 1.67. The molecule has 21 heavy (non-hydrogen) atoms. The van der Waals surface area contributed by atoms with Gasteiger partial charge in [0, 0.05) is 30.7 Å². The molecule has 0 bridgehead atoms. The van der Waals surface area contributed by atoms with E-state index in [0.717, 1.165) is 23.6 Å². The smallest absolute Gasteiger partial charge is 0.323 e. The molecule has 0 aliphatic rings. The first kappa shape index (κ1) is 14.9. The van der Waals surface area contributed by atoms with Crippen LogP contribution in [0.4, 0.5) is 21.9 Å². The van der Waals surface area contributed by atoms with Gasteiger partial charge in [-0.15, -0.1) is 0 Å². The van der Waals surface area contributed by atoms with Crippen molar-refractivity contribution in [2.75, 3.05) is 36.2 Å². The maximum absolute atomic E-state index is 11.8. The monoisotopic (exact) mass is 285 g/mol. The van der Waals surface area contributed by atoms with Gasteiger partial charge in [-0.2, -0.15) is 0 Å². The maximum Gasteiger partial charge on any atom is 0.323 e. The lowest BCUT2D eigenvalue weighted by atomic mass is 10.3. The van der Waals surface area contributed by atoms with Crippen molar-refractivity contribution < 1.29 is 9.53 Å². The van der Waals surface area contributed by atoms with Gasteiger partial charge in [-0.1, -0.05) is 18.2 Å². The first-order valence-corrected chi connectivity index (χ1v) is 6.74. The van der Waals surface area contributed by atoms with Gasteiger partial charge in [0.2, 0.25) is 0 Å². The number of nitrogens with one attached hydrogen (secondary N) is 3. The van der Waals surface area contributed by atoms with Crippen LogP contribution in [0.15, 0.2) is 54.6 Å². The Labute approximate surface area is 124 Å². The quantitative estimate of drug-likeness (QED) is 0.713. The van der Waals surface area contributed by atoms with E-state index in [9.17, 15) is 4.79 Å². The van der Waals surface area contributed by atoms with Crippen LogP contribution >= 0.6 is 0 Å². The van der Waals surface area contributed by atoms with E-state index in [1.807, 2.05) is 54.6 Å². The molecule has 5 nitrogen and oxygen atoms in total. The number of hydrogen-bond acceptors (Lipinski definition) is 3. The Morgan fingerprint density at radius 3 is 2.10 bits per heavy atom. The fourth-order valence-corrected chi connectivity index (χ4v) is 1.78. The average molecular weight is 285 g/mol. The van der Waals surface area contributed by atoms with Crippen LogP contribution in [-0.2, 0) is 4.74 Å². The second-order valence-electron chi connectivity index (χ2n) is 4.44. The van der Waals surface area contributed by atoms with Gasteiger partial charge in [-0.05, 0) is 36.4 Å². The summed E-state index contributed by atoms with van der Waals surface area (Å²) in [5, 5.41) is 8.76. The third-order valence-electron chi connectivity index (χ3n) is 2.81. The van der Waals surface area contributed by atoms with E-state index in [4.69, 9.17) is 4.74 Å². The Bertz CT molecular complexity index is 555. The zero-order chi connectivity index (χ0) is 14.9. The SMILES string of the molecule is COCCNc1ccc(NC(=O)Nc2ccccc2)cc1. The van der Waals surface area contributed by atoms with Gasteiger partial charge in [0.05, 0.1) is 6.61 Å². The van der Waals surface area contributed by atoms with Crippen LogP contribution in [0.5, 0.6) is 0 Å². The molecule has 0 atom stereocenters. The topological polar surface area (TPSA) is 62.4 Å². The van der Waals surface area contributed by atoms with Crippen molar-refractivity contribution in [2.45, 2.75) is 0 Å². The van der Waals surface area contributed by atoms with Crippen LogP contribution in [0.2, 0.25) is 0 Å². The highest BCUT2D eigenvalue weighted by atomic mass is 16.5. The number of carbonyl (C=O) groups is 1. The number of hydrogen-bond donors (Lipinski definition) is 3. The average Bonchev–Trinajstić information content (AvgIpc) is 2.50. The Morgan fingerprint density at radius 2 is 1.48 bits per heavy atom. The Hall–Kier alpha value is -2.53. The normalized spacial score (nSPS) is 9.95. The van der Waals surface area contributed by atoms with Crippen LogP contribution < -0.4 is 16.0 Å². The van der Waals surface area contributed by atoms with E-state index < -0.39 is 0 Å². The van der Waals surface area contributed by atoms with Crippen molar-refractivity contribution in [1.29, 1.82) is 0 Å². The standard InChI is InChI=1S/C16H19N3O2/c1-21-12-11-17-13-7-9-15(10-8-13)19-16(20)18-14-5-3-2-4-6-14/h2-10,17H,11-12H2,1H3,(H2,18,19,20). The summed E-state index contributed by atoms with van der Waals surface area (Å²) in [6.45, 7) is 1.40. The van der Waals surface area contributed by atoms with Crippen molar-refractivity contribution in [3.05, 3.63) is 54.6 Å². The molecule has 2 aromatic rings. The predicted molar refractivity (Wildman–Crippen MR) is 85.9 cm³/mol. The summed E-state index contributed by atoms with van der Waals surface area (Å²) >= 11 is 0. The van der Waals surface area contributed by atoms with Gasteiger partial charge in [0.25, 0.3) is 0 Å². The molecule has 0 radical (unpaired) electrons. The lowest BCUT2D eigenvalue weighted by Gasteiger charge is -2.09. The van der Waals surface area contributed by atoms with Crippen molar-refractivity contribution in [1.82, 2.24) is 0 Å². The fourth-order valence-electron chi connectivity index (χ4n) is 1.78. The lowest BCUT2D eigenvalue weighted by Crippen LogP contribution is -2.19. The first-order valence-electron chi connectivity index (χ1n) is 6.74. The lowest BCUT2D eigenvalue weighted by molar-refractivity contribution is 0.211. The van der Waals surface area contributed by atoms with Crippen LogP contribution in [0, 0.1) is 0 Å². The Kier molecular flexibility index (Phi) is 5.60. The molecule has 0 saturated carbocycles. The van der Waals surface area contributed by atoms with E-state index in [0.29, 0.717) is 6.61 Å². The number of amides is 2. The molecule has 110 valence electrons. The summed E-state index contributed by atoms with van der Waals surface area (Å²) in [5.41, 5.74) is 2.48. The summed E-state index contributed by atoms with van der Waals surface area (Å²) in [6, 6.07) is 16.6. The largest absolute Gasteiger partial charge is 0.383 e. The highest BCUT2D eigenvalue weighted by Gasteiger charge is 2.02. The summed E-state index contributed by atoms with van der Waals surface area (Å²) in [5.74, 6) is 0. The third-order valence-corrected chi connectivity index (χ3v) is 2.81. The molecular formula is C16H19N3O2. The predicted octanol–water partition coefficient (Wildman–Crippen LogP) is 3.39. The van der Waals surface area contributed by atoms with Crippen LogP contribution in [-0.4, -0.2) is 26.3 Å². The number of methoxy groups -OCH3 is 1. The zero-order valence-electron chi connectivity index (χ0n) is 11.9. The number of rotatable bonds is 6. The molecule has 0 spiro atoms. The van der Waals surface area contributed by atoms with E-state index in [2.05, 4.69) is 16.0 Å². The van der Waals surface area contributed by atoms with Gasteiger partial charge in [0.1, 0.15) is 0 Å². The minimum atomic E-state index is -0.263. The molecule has 2 aromatic carbocycles. The van der Waals surface area contributed by atoms with Gasteiger partial charge in [-0.3, -0.25) is 0 Å². The van der Waals surface area contributed by atoms with E-state index in [1.165, 1.54) is 0 Å². The van der Waals surface area contributed by atoms with Gasteiger partial charge >= 0.3 is 6.03 Å². The van der Waals surface area contributed by atoms with E-state index in [-0.39, 0.29) is 6.03 Å². The molecule has 2 amide bonds. The molecule has 0 heterocycles. The molecule has 3 N–H and O–H groups in total. The number of urea groups is 1. The number of para-hydroxylation sites is 1. The molecule has 0 aliphatic carbocycles. The minimum Gasteiger partial charge on any atom is -0.383 e. The summed E-state index contributed by atoms with van der Waals surface area (Å²) < 4.78 is 4.97. The second kappa shape index (κ2) is 7.91. The van der Waals surface area contributed by atoms with Crippen molar-refractivity contribution in [3.63, 3.8) is 0 Å². The van der Waals surface area contributed by atoms with E-state index >= 15 is 0 Å². The van der Waals surface area contributed by atoms with Crippen molar-refractivity contribution in [3.8, 4) is 0 Å². The van der Waals surface area contributed by atoms with Crippen molar-refractivity contribution in [2.24, 2.45) is 0 Å². The van der Waals surface area contributed by atoms with Crippen molar-refractivity contribution >= 4 is 23.1 Å². The van der Waals surface area contributed by atoms with Crippen LogP contribution in [0.3, 0.4) is 0 Å². The maximum atomic E-state index is 11.8. The second-order valence-corrected chi connectivity index (χ2v) is 4.44. The van der Waals surface area contributed by atoms with Gasteiger partial charge < -0.3 is 20.7 Å². The fraction of sp³-hybridized carbons (Fsp3) is 0.188.